The molecule has 1 aliphatic carbocycles. The first kappa shape index (κ1) is 16.1. The number of nitrogens with one attached hydrogen (secondary N) is 1. The van der Waals surface area contributed by atoms with Crippen LogP contribution in [0.25, 0.3) is 0 Å². The van der Waals surface area contributed by atoms with Crippen LogP contribution in [0, 0.1) is 12.8 Å². The van der Waals surface area contributed by atoms with Crippen molar-refractivity contribution >= 4 is 11.6 Å². The number of allylic oxidation sites excluding steroid dienone is 1. The van der Waals surface area contributed by atoms with E-state index < -0.39 is 0 Å². The van der Waals surface area contributed by atoms with Crippen LogP contribution in [0.3, 0.4) is 0 Å². The molecule has 0 aromatic heterocycles. The Bertz CT molecular complexity index is 558. The molecule has 4 nitrogen and oxygen atoms in total. The number of carbonyl (C=O) groups excluding carboxylic acids is 1. The molecule has 4 heteroatoms. The number of hydrogen-bond donors (Lipinski definition) is 2. The summed E-state index contributed by atoms with van der Waals surface area (Å²) in [5.41, 5.74) is 8.16. The van der Waals surface area contributed by atoms with Gasteiger partial charge in [-0.2, -0.15) is 0 Å². The maximum atomic E-state index is 11.6. The van der Waals surface area contributed by atoms with Crippen LogP contribution in [0.15, 0.2) is 36.4 Å². The Morgan fingerprint density at radius 3 is 2.43 bits per heavy atom. The summed E-state index contributed by atoms with van der Waals surface area (Å²) >= 11 is 0. The highest BCUT2D eigenvalue weighted by atomic mass is 16.1. The Morgan fingerprint density at radius 2 is 1.78 bits per heavy atom. The number of benzene rings is 1. The number of anilines is 1. The van der Waals surface area contributed by atoms with Gasteiger partial charge in [-0.1, -0.05) is 29.8 Å². The minimum absolute atomic E-state index is 0.0601. The average Bonchev–Trinajstić information content (AvgIpc) is 2.57. The van der Waals surface area contributed by atoms with E-state index in [1.54, 1.807) is 0 Å². The Labute approximate surface area is 138 Å². The first-order chi connectivity index (χ1) is 11.1. The number of hydrogen-bond acceptors (Lipinski definition) is 3. The van der Waals surface area contributed by atoms with Gasteiger partial charge in [0.2, 0.25) is 5.91 Å². The largest absolute Gasteiger partial charge is 0.371 e. The molecule has 0 spiro atoms. The van der Waals surface area contributed by atoms with Gasteiger partial charge in [0.05, 0.1) is 5.92 Å². The topological polar surface area (TPSA) is 58.4 Å². The molecule has 1 heterocycles. The second-order valence-corrected chi connectivity index (χ2v) is 6.82. The van der Waals surface area contributed by atoms with Crippen molar-refractivity contribution in [2.45, 2.75) is 44.7 Å². The van der Waals surface area contributed by atoms with Crippen LogP contribution in [0.2, 0.25) is 0 Å². The third-order valence-electron chi connectivity index (χ3n) is 5.14. The molecule has 1 amide bonds. The van der Waals surface area contributed by atoms with E-state index in [4.69, 9.17) is 5.73 Å². The van der Waals surface area contributed by atoms with Crippen LogP contribution < -0.4 is 16.0 Å². The summed E-state index contributed by atoms with van der Waals surface area (Å²) in [7, 11) is 0. The highest BCUT2D eigenvalue weighted by molar-refractivity contribution is 5.77. The Morgan fingerprint density at radius 1 is 1.13 bits per heavy atom. The molecule has 3 N–H and O–H groups in total. The number of rotatable bonds is 4. The molecule has 2 aliphatic rings. The number of amides is 1. The fraction of sp³-hybridized carbons (Fsp3) is 0.526. The molecular formula is C19H27N3O. The van der Waals surface area contributed by atoms with Gasteiger partial charge in [0, 0.05) is 30.9 Å². The van der Waals surface area contributed by atoms with Crippen LogP contribution in [0.1, 0.15) is 31.2 Å². The molecule has 3 rings (SSSR count). The molecule has 0 unspecified atom stereocenters. The lowest BCUT2D eigenvalue weighted by atomic mass is 9.87. The second kappa shape index (κ2) is 7.18. The van der Waals surface area contributed by atoms with Crippen molar-refractivity contribution in [3.05, 3.63) is 42.0 Å². The molecule has 0 radical (unpaired) electrons. The average molecular weight is 313 g/mol. The van der Waals surface area contributed by atoms with Gasteiger partial charge in [0.1, 0.15) is 0 Å². The molecule has 0 bridgehead atoms. The SMILES string of the molecule is Cc1ccc(N2CCC(N[C@@H]3CC=CC[C@H]3C(N)=O)CC2)cc1. The number of carbonyl (C=O) groups is 1. The highest BCUT2D eigenvalue weighted by Gasteiger charge is 2.30. The minimum atomic E-state index is -0.177. The zero-order chi connectivity index (χ0) is 16.2. The van der Waals surface area contributed by atoms with Gasteiger partial charge in [0.15, 0.2) is 0 Å². The zero-order valence-corrected chi connectivity index (χ0v) is 13.9. The van der Waals surface area contributed by atoms with E-state index in [0.717, 1.165) is 38.8 Å². The van der Waals surface area contributed by atoms with Crippen molar-refractivity contribution in [1.82, 2.24) is 5.32 Å². The zero-order valence-electron chi connectivity index (χ0n) is 13.9. The van der Waals surface area contributed by atoms with E-state index in [-0.39, 0.29) is 17.9 Å². The lowest BCUT2D eigenvalue weighted by Gasteiger charge is -2.37. The summed E-state index contributed by atoms with van der Waals surface area (Å²) in [4.78, 5) is 14.1. The van der Waals surface area contributed by atoms with Gasteiger partial charge >= 0.3 is 0 Å². The van der Waals surface area contributed by atoms with Crippen molar-refractivity contribution in [3.8, 4) is 0 Å². The van der Waals surface area contributed by atoms with E-state index in [1.165, 1.54) is 11.3 Å². The van der Waals surface area contributed by atoms with Crippen LogP contribution in [-0.2, 0) is 4.79 Å². The van der Waals surface area contributed by atoms with Crippen molar-refractivity contribution in [3.63, 3.8) is 0 Å². The summed E-state index contributed by atoms with van der Waals surface area (Å²) < 4.78 is 0. The fourth-order valence-corrected chi connectivity index (χ4v) is 3.68. The summed E-state index contributed by atoms with van der Waals surface area (Å²) in [6.45, 7) is 4.24. The van der Waals surface area contributed by atoms with E-state index in [0.29, 0.717) is 6.04 Å². The van der Waals surface area contributed by atoms with Gasteiger partial charge < -0.3 is 16.0 Å². The van der Waals surface area contributed by atoms with E-state index in [2.05, 4.69) is 53.6 Å². The quantitative estimate of drug-likeness (QED) is 0.839. The summed E-state index contributed by atoms with van der Waals surface area (Å²) in [5.74, 6) is -0.237. The van der Waals surface area contributed by atoms with Crippen molar-refractivity contribution in [2.24, 2.45) is 11.7 Å². The molecule has 0 saturated carbocycles. The molecule has 1 aromatic rings. The first-order valence-electron chi connectivity index (χ1n) is 8.65. The van der Waals surface area contributed by atoms with Crippen LogP contribution in [0.4, 0.5) is 5.69 Å². The van der Waals surface area contributed by atoms with Crippen molar-refractivity contribution in [2.75, 3.05) is 18.0 Å². The maximum Gasteiger partial charge on any atom is 0.222 e. The predicted molar refractivity (Wildman–Crippen MR) is 94.4 cm³/mol. The number of nitrogens with two attached hydrogens (primary N) is 1. The van der Waals surface area contributed by atoms with E-state index >= 15 is 0 Å². The lowest BCUT2D eigenvalue weighted by Crippen LogP contribution is -2.51. The van der Waals surface area contributed by atoms with E-state index in [9.17, 15) is 4.79 Å². The molecule has 124 valence electrons. The number of nitrogens with zero attached hydrogens (tertiary/aromatic N) is 1. The predicted octanol–water partition coefficient (Wildman–Crippen LogP) is 2.37. The standard InChI is InChI=1S/C19H27N3O/c1-14-6-8-16(9-7-14)22-12-10-15(11-13-22)21-18-5-3-2-4-17(18)19(20)23/h2-3,6-9,15,17-18,21H,4-5,10-13H2,1H3,(H2,20,23)/t17-,18-/m1/s1. The minimum Gasteiger partial charge on any atom is -0.371 e. The van der Waals surface area contributed by atoms with Crippen molar-refractivity contribution < 1.29 is 4.79 Å². The molecule has 23 heavy (non-hydrogen) atoms. The van der Waals surface area contributed by atoms with Gasteiger partial charge in [-0.3, -0.25) is 4.79 Å². The molecule has 2 atom stereocenters. The molecular weight excluding hydrogens is 286 g/mol. The van der Waals surface area contributed by atoms with Crippen LogP contribution in [0.5, 0.6) is 0 Å². The second-order valence-electron chi connectivity index (χ2n) is 6.82. The van der Waals surface area contributed by atoms with Crippen molar-refractivity contribution in [1.29, 1.82) is 0 Å². The summed E-state index contributed by atoms with van der Waals surface area (Å²) in [6, 6.07) is 9.44. The number of aryl methyl sites for hydroxylation is 1. The molecule has 1 aromatic carbocycles. The van der Waals surface area contributed by atoms with E-state index in [1.807, 2.05) is 0 Å². The number of piperidine rings is 1. The monoisotopic (exact) mass is 313 g/mol. The van der Waals surface area contributed by atoms with Gasteiger partial charge in [-0.05, 0) is 44.7 Å². The lowest BCUT2D eigenvalue weighted by molar-refractivity contribution is -0.122. The fourth-order valence-electron chi connectivity index (χ4n) is 3.68. The normalized spacial score (nSPS) is 25.5. The third-order valence-corrected chi connectivity index (χ3v) is 5.14. The maximum absolute atomic E-state index is 11.6. The molecule has 1 fully saturated rings. The van der Waals surface area contributed by atoms with Gasteiger partial charge in [0.25, 0.3) is 0 Å². The first-order valence-corrected chi connectivity index (χ1v) is 8.65. The van der Waals surface area contributed by atoms with Crippen LogP contribution in [-0.4, -0.2) is 31.1 Å². The molecule has 1 aliphatic heterocycles. The Hall–Kier alpha value is -1.81. The summed E-state index contributed by atoms with van der Waals surface area (Å²) in [6.07, 6.45) is 8.15. The molecule has 1 saturated heterocycles. The Kier molecular flexibility index (Phi) is 5.01. The summed E-state index contributed by atoms with van der Waals surface area (Å²) in [5, 5.41) is 3.69. The Balaban J connectivity index is 1.53. The van der Waals surface area contributed by atoms with Gasteiger partial charge in [-0.25, -0.2) is 0 Å². The highest BCUT2D eigenvalue weighted by Crippen LogP contribution is 2.24. The van der Waals surface area contributed by atoms with Crippen LogP contribution >= 0.6 is 0 Å². The number of primary amides is 1. The third kappa shape index (κ3) is 3.94. The smallest absolute Gasteiger partial charge is 0.222 e. The van der Waals surface area contributed by atoms with Gasteiger partial charge in [-0.15, -0.1) is 0 Å².